The Morgan fingerprint density at radius 3 is 1.38 bits per heavy atom. The molecule has 0 unspecified atom stereocenters. The predicted molar refractivity (Wildman–Crippen MR) is 106 cm³/mol. The molecule has 0 spiro atoms. The SMILES string of the molecule is CC=CC.NC(=O)c1ccccc1OC(=O)CC(=O)Oc1ccccc1C(N)=O. The maximum atomic E-state index is 11.8. The fourth-order valence-corrected chi connectivity index (χ4v) is 1.95. The van der Waals surface area contributed by atoms with Gasteiger partial charge in [-0.05, 0) is 38.1 Å². The number of allylic oxidation sites excluding steroid dienone is 2. The minimum absolute atomic E-state index is 0.00305. The molecule has 0 aliphatic carbocycles. The Morgan fingerprint density at radius 1 is 0.724 bits per heavy atom. The third-order valence-electron chi connectivity index (χ3n) is 3.37. The van der Waals surface area contributed by atoms with E-state index in [-0.39, 0.29) is 22.6 Å². The molecule has 0 aromatic heterocycles. The summed E-state index contributed by atoms with van der Waals surface area (Å²) in [4.78, 5) is 46.2. The summed E-state index contributed by atoms with van der Waals surface area (Å²) in [6.07, 6.45) is 3.26. The van der Waals surface area contributed by atoms with Gasteiger partial charge in [-0.3, -0.25) is 19.2 Å². The van der Waals surface area contributed by atoms with E-state index < -0.39 is 30.2 Å². The van der Waals surface area contributed by atoms with E-state index in [9.17, 15) is 19.2 Å². The van der Waals surface area contributed by atoms with Crippen LogP contribution in [0, 0.1) is 0 Å². The highest BCUT2D eigenvalue weighted by Gasteiger charge is 2.19. The number of hydrogen-bond acceptors (Lipinski definition) is 6. The first-order valence-corrected chi connectivity index (χ1v) is 8.56. The molecular formula is C21H22N2O6. The summed E-state index contributed by atoms with van der Waals surface area (Å²) in [5, 5.41) is 0. The average Bonchev–Trinajstić information content (AvgIpc) is 2.68. The average molecular weight is 398 g/mol. The Morgan fingerprint density at radius 2 is 1.07 bits per heavy atom. The molecule has 0 radical (unpaired) electrons. The van der Waals surface area contributed by atoms with E-state index in [2.05, 4.69) is 0 Å². The van der Waals surface area contributed by atoms with Crippen molar-refractivity contribution in [1.29, 1.82) is 0 Å². The molecule has 4 N–H and O–H groups in total. The quantitative estimate of drug-likeness (QED) is 0.331. The van der Waals surface area contributed by atoms with Crippen LogP contribution in [0.2, 0.25) is 0 Å². The van der Waals surface area contributed by atoms with Gasteiger partial charge in [0.15, 0.2) is 0 Å². The third kappa shape index (κ3) is 7.67. The van der Waals surface area contributed by atoms with Crippen LogP contribution in [0.4, 0.5) is 0 Å². The summed E-state index contributed by atoms with van der Waals surface area (Å²) in [6.45, 7) is 4.00. The largest absolute Gasteiger partial charge is 0.425 e. The summed E-state index contributed by atoms with van der Waals surface area (Å²) < 4.78 is 9.92. The van der Waals surface area contributed by atoms with Gasteiger partial charge in [-0.2, -0.15) is 0 Å². The predicted octanol–water partition coefficient (Wildman–Crippen LogP) is 2.37. The number of benzene rings is 2. The molecule has 0 heterocycles. The fourth-order valence-electron chi connectivity index (χ4n) is 1.95. The lowest BCUT2D eigenvalue weighted by atomic mass is 10.2. The number of rotatable bonds is 6. The second kappa shape index (κ2) is 11.7. The first kappa shape index (κ1) is 23.1. The number of para-hydroxylation sites is 2. The van der Waals surface area contributed by atoms with Gasteiger partial charge in [0.05, 0.1) is 11.1 Å². The molecule has 2 rings (SSSR count). The number of nitrogens with two attached hydrogens (primary N) is 2. The molecule has 8 nitrogen and oxygen atoms in total. The smallest absolute Gasteiger partial charge is 0.322 e. The number of esters is 2. The van der Waals surface area contributed by atoms with Crippen molar-refractivity contribution in [2.75, 3.05) is 0 Å². The van der Waals surface area contributed by atoms with Gasteiger partial charge >= 0.3 is 11.9 Å². The van der Waals surface area contributed by atoms with E-state index >= 15 is 0 Å². The number of primary amides is 2. The van der Waals surface area contributed by atoms with Crippen LogP contribution in [0.5, 0.6) is 11.5 Å². The Hall–Kier alpha value is -3.94. The molecule has 2 amide bonds. The van der Waals surface area contributed by atoms with Crippen molar-refractivity contribution in [3.8, 4) is 11.5 Å². The standard InChI is InChI=1S/C17H14N2O6.C4H8/c18-16(22)10-5-1-3-7-12(10)24-14(20)9-15(21)25-13-8-4-2-6-11(13)17(19)23;1-3-4-2/h1-8H,9H2,(H2,18,22)(H2,19,23);3-4H,1-2H3. The molecule has 0 saturated carbocycles. The van der Waals surface area contributed by atoms with Gasteiger partial charge in [-0.25, -0.2) is 0 Å². The van der Waals surface area contributed by atoms with Crippen LogP contribution >= 0.6 is 0 Å². The van der Waals surface area contributed by atoms with Gasteiger partial charge in [-0.1, -0.05) is 36.4 Å². The van der Waals surface area contributed by atoms with Crippen LogP contribution in [0.1, 0.15) is 41.0 Å². The highest BCUT2D eigenvalue weighted by molar-refractivity contribution is 5.99. The zero-order valence-electron chi connectivity index (χ0n) is 16.1. The lowest BCUT2D eigenvalue weighted by molar-refractivity contribution is -0.144. The van der Waals surface area contributed by atoms with Crippen LogP contribution in [-0.2, 0) is 9.59 Å². The molecule has 2 aromatic rings. The molecule has 0 aliphatic heterocycles. The molecule has 0 atom stereocenters. The highest BCUT2D eigenvalue weighted by atomic mass is 16.6. The summed E-state index contributed by atoms with van der Waals surface area (Å²) in [7, 11) is 0. The van der Waals surface area contributed by atoms with Crippen molar-refractivity contribution in [3.05, 3.63) is 71.8 Å². The Bertz CT molecular complexity index is 847. The topological polar surface area (TPSA) is 139 Å². The molecule has 8 heteroatoms. The van der Waals surface area contributed by atoms with Gasteiger partial charge in [0.1, 0.15) is 17.9 Å². The Balaban J connectivity index is 0.000000960. The molecule has 0 bridgehead atoms. The zero-order valence-corrected chi connectivity index (χ0v) is 16.1. The van der Waals surface area contributed by atoms with Crippen molar-refractivity contribution in [1.82, 2.24) is 0 Å². The molecule has 0 saturated heterocycles. The molecule has 2 aromatic carbocycles. The molecule has 152 valence electrons. The number of carbonyl (C=O) groups is 4. The van der Waals surface area contributed by atoms with Gasteiger partial charge in [0.2, 0.25) is 0 Å². The number of carbonyl (C=O) groups excluding carboxylic acids is 4. The van der Waals surface area contributed by atoms with E-state index in [0.29, 0.717) is 0 Å². The highest BCUT2D eigenvalue weighted by Crippen LogP contribution is 2.19. The van der Waals surface area contributed by atoms with Gasteiger partial charge in [-0.15, -0.1) is 0 Å². The molecular weight excluding hydrogens is 376 g/mol. The van der Waals surface area contributed by atoms with Crippen LogP contribution in [0.25, 0.3) is 0 Å². The van der Waals surface area contributed by atoms with E-state index in [1.807, 2.05) is 26.0 Å². The Labute approximate surface area is 168 Å². The summed E-state index contributed by atoms with van der Waals surface area (Å²) in [5.41, 5.74) is 10.4. The van der Waals surface area contributed by atoms with Crippen molar-refractivity contribution in [2.24, 2.45) is 11.5 Å². The second-order valence-electron chi connectivity index (χ2n) is 5.51. The minimum atomic E-state index is -0.949. The van der Waals surface area contributed by atoms with Crippen LogP contribution in [0.3, 0.4) is 0 Å². The van der Waals surface area contributed by atoms with Crippen molar-refractivity contribution >= 4 is 23.8 Å². The zero-order chi connectivity index (χ0) is 21.8. The fraction of sp³-hybridized carbons (Fsp3) is 0.143. The molecule has 0 aliphatic rings. The first-order valence-electron chi connectivity index (χ1n) is 8.56. The number of hydrogen-bond donors (Lipinski definition) is 2. The van der Waals surface area contributed by atoms with Gasteiger partial charge in [0, 0.05) is 0 Å². The number of amides is 2. The Kier molecular flexibility index (Phi) is 9.32. The lowest BCUT2D eigenvalue weighted by Crippen LogP contribution is -2.21. The maximum absolute atomic E-state index is 11.8. The first-order chi connectivity index (χ1) is 13.8. The van der Waals surface area contributed by atoms with E-state index in [4.69, 9.17) is 20.9 Å². The normalized spacial score (nSPS) is 9.86. The third-order valence-corrected chi connectivity index (χ3v) is 3.37. The van der Waals surface area contributed by atoms with Crippen LogP contribution in [-0.4, -0.2) is 23.8 Å². The van der Waals surface area contributed by atoms with Crippen molar-refractivity contribution < 1.29 is 28.7 Å². The summed E-state index contributed by atoms with van der Waals surface area (Å²) >= 11 is 0. The number of ether oxygens (including phenoxy) is 2. The summed E-state index contributed by atoms with van der Waals surface area (Å²) in [6, 6.07) is 11.7. The maximum Gasteiger partial charge on any atom is 0.322 e. The monoisotopic (exact) mass is 398 g/mol. The summed E-state index contributed by atoms with van der Waals surface area (Å²) in [5.74, 6) is -3.58. The lowest BCUT2D eigenvalue weighted by Gasteiger charge is -2.09. The molecule has 29 heavy (non-hydrogen) atoms. The minimum Gasteiger partial charge on any atom is -0.425 e. The van der Waals surface area contributed by atoms with Gasteiger partial charge in [0.25, 0.3) is 11.8 Å². The van der Waals surface area contributed by atoms with Crippen LogP contribution < -0.4 is 20.9 Å². The van der Waals surface area contributed by atoms with E-state index in [1.54, 1.807) is 12.1 Å². The van der Waals surface area contributed by atoms with Crippen molar-refractivity contribution in [3.63, 3.8) is 0 Å². The van der Waals surface area contributed by atoms with Gasteiger partial charge < -0.3 is 20.9 Å². The molecule has 0 fully saturated rings. The van der Waals surface area contributed by atoms with E-state index in [0.717, 1.165) is 0 Å². The van der Waals surface area contributed by atoms with E-state index in [1.165, 1.54) is 36.4 Å². The second-order valence-corrected chi connectivity index (χ2v) is 5.51. The van der Waals surface area contributed by atoms with Crippen molar-refractivity contribution in [2.45, 2.75) is 20.3 Å². The van der Waals surface area contributed by atoms with Crippen LogP contribution in [0.15, 0.2) is 60.7 Å².